The van der Waals surface area contributed by atoms with E-state index in [1.54, 1.807) is 0 Å². The zero-order valence-corrected chi connectivity index (χ0v) is 12.5. The summed E-state index contributed by atoms with van der Waals surface area (Å²) in [7, 11) is 0. The summed E-state index contributed by atoms with van der Waals surface area (Å²) in [6.45, 7) is 6.78. The smallest absolute Gasteiger partial charge is 0.124 e. The Morgan fingerprint density at radius 2 is 1.70 bits per heavy atom. The molecule has 0 saturated carbocycles. The van der Waals surface area contributed by atoms with Crippen molar-refractivity contribution in [3.63, 3.8) is 0 Å². The van der Waals surface area contributed by atoms with Gasteiger partial charge < -0.3 is 10.5 Å². The van der Waals surface area contributed by atoms with E-state index >= 15 is 0 Å². The van der Waals surface area contributed by atoms with Gasteiger partial charge >= 0.3 is 0 Å². The molecule has 20 heavy (non-hydrogen) atoms. The number of ether oxygens (including phenoxy) is 1. The average molecular weight is 269 g/mol. The average Bonchev–Trinajstić information content (AvgIpc) is 2.45. The van der Waals surface area contributed by atoms with Crippen molar-refractivity contribution < 1.29 is 4.74 Å². The lowest BCUT2D eigenvalue weighted by Crippen LogP contribution is -2.08. The Kier molecular flexibility index (Phi) is 4.80. The second-order valence-electron chi connectivity index (χ2n) is 5.29. The molecular formula is C18H23NO. The maximum absolute atomic E-state index is 5.99. The highest BCUT2D eigenvalue weighted by atomic mass is 16.5. The first-order chi connectivity index (χ1) is 9.60. The second kappa shape index (κ2) is 6.58. The number of aryl methyl sites for hydroxylation is 2. The van der Waals surface area contributed by atoms with Gasteiger partial charge in [-0.2, -0.15) is 0 Å². The van der Waals surface area contributed by atoms with E-state index in [4.69, 9.17) is 10.5 Å². The summed E-state index contributed by atoms with van der Waals surface area (Å²) in [4.78, 5) is 0. The summed E-state index contributed by atoms with van der Waals surface area (Å²) >= 11 is 0. The molecule has 0 fully saturated rings. The zero-order valence-electron chi connectivity index (χ0n) is 12.5. The fourth-order valence-corrected chi connectivity index (χ4v) is 2.18. The molecule has 0 saturated heterocycles. The third kappa shape index (κ3) is 3.61. The van der Waals surface area contributed by atoms with Gasteiger partial charge in [-0.15, -0.1) is 0 Å². The third-order valence-electron chi connectivity index (χ3n) is 3.49. The van der Waals surface area contributed by atoms with Gasteiger partial charge in [-0.05, 0) is 43.0 Å². The molecule has 0 radical (unpaired) electrons. The summed E-state index contributed by atoms with van der Waals surface area (Å²) in [6.07, 6.45) is 1.06. The molecule has 0 bridgehead atoms. The molecule has 0 aromatic heterocycles. The molecule has 2 aromatic carbocycles. The summed E-state index contributed by atoms with van der Waals surface area (Å²) < 4.78 is 5.96. The molecule has 0 amide bonds. The quantitative estimate of drug-likeness (QED) is 0.884. The summed E-state index contributed by atoms with van der Waals surface area (Å²) in [5, 5.41) is 0. The predicted octanol–water partition coefficient (Wildman–Crippen LogP) is 4.16. The van der Waals surface area contributed by atoms with E-state index in [0.29, 0.717) is 6.61 Å². The van der Waals surface area contributed by atoms with Gasteiger partial charge in [-0.1, -0.05) is 43.3 Å². The Labute approximate surface area is 121 Å². The molecule has 0 aliphatic rings. The van der Waals surface area contributed by atoms with E-state index in [1.807, 2.05) is 6.92 Å². The van der Waals surface area contributed by atoms with Gasteiger partial charge in [-0.3, -0.25) is 0 Å². The molecule has 1 unspecified atom stereocenters. The van der Waals surface area contributed by atoms with Crippen molar-refractivity contribution in [1.82, 2.24) is 0 Å². The normalized spacial score (nSPS) is 12.2. The molecule has 2 rings (SSSR count). The monoisotopic (exact) mass is 269 g/mol. The largest absolute Gasteiger partial charge is 0.489 e. The lowest BCUT2D eigenvalue weighted by Gasteiger charge is -2.15. The minimum atomic E-state index is -0.0203. The van der Waals surface area contributed by atoms with Crippen molar-refractivity contribution in [1.29, 1.82) is 0 Å². The van der Waals surface area contributed by atoms with E-state index < -0.39 is 0 Å². The molecule has 0 heterocycles. The molecule has 0 spiro atoms. The first-order valence-corrected chi connectivity index (χ1v) is 7.17. The van der Waals surface area contributed by atoms with Crippen LogP contribution in [0.5, 0.6) is 5.75 Å². The minimum Gasteiger partial charge on any atom is -0.489 e. The van der Waals surface area contributed by atoms with Crippen LogP contribution in [0.25, 0.3) is 0 Å². The zero-order chi connectivity index (χ0) is 14.5. The second-order valence-corrected chi connectivity index (χ2v) is 5.29. The van der Waals surface area contributed by atoms with Crippen LogP contribution in [0.4, 0.5) is 0 Å². The Hall–Kier alpha value is -1.80. The van der Waals surface area contributed by atoms with Crippen molar-refractivity contribution in [2.75, 3.05) is 0 Å². The molecule has 0 aliphatic carbocycles. The highest BCUT2D eigenvalue weighted by Gasteiger charge is 2.08. The molecule has 0 aliphatic heterocycles. The molecule has 2 N–H and O–H groups in total. The third-order valence-corrected chi connectivity index (χ3v) is 3.49. The standard InChI is InChI=1S/C18H23NO/c1-4-15-6-8-16(9-7-15)12-20-18-11-13(2)5-10-17(18)14(3)19/h5-11,14H,4,12,19H2,1-3H3. The maximum Gasteiger partial charge on any atom is 0.124 e. The molecule has 106 valence electrons. The van der Waals surface area contributed by atoms with Crippen LogP contribution in [0.2, 0.25) is 0 Å². The van der Waals surface area contributed by atoms with Gasteiger partial charge in [0.1, 0.15) is 12.4 Å². The molecule has 2 aromatic rings. The van der Waals surface area contributed by atoms with E-state index in [0.717, 1.165) is 17.7 Å². The van der Waals surface area contributed by atoms with Gasteiger partial charge in [0.15, 0.2) is 0 Å². The molecule has 1 atom stereocenters. The Balaban J connectivity index is 2.11. The van der Waals surface area contributed by atoms with Crippen LogP contribution in [-0.2, 0) is 13.0 Å². The van der Waals surface area contributed by atoms with Gasteiger partial charge in [-0.25, -0.2) is 0 Å². The van der Waals surface area contributed by atoms with Crippen LogP contribution in [0.3, 0.4) is 0 Å². The molecule has 2 heteroatoms. The first kappa shape index (κ1) is 14.6. The van der Waals surface area contributed by atoms with Crippen molar-refractivity contribution in [3.05, 3.63) is 64.7 Å². The summed E-state index contributed by atoms with van der Waals surface area (Å²) in [5.74, 6) is 0.888. The lowest BCUT2D eigenvalue weighted by atomic mass is 10.1. The van der Waals surface area contributed by atoms with E-state index in [2.05, 4.69) is 56.3 Å². The number of rotatable bonds is 5. The number of hydrogen-bond donors (Lipinski definition) is 1. The fourth-order valence-electron chi connectivity index (χ4n) is 2.18. The van der Waals surface area contributed by atoms with Crippen LogP contribution in [0.15, 0.2) is 42.5 Å². The van der Waals surface area contributed by atoms with Crippen molar-refractivity contribution in [2.45, 2.75) is 39.8 Å². The van der Waals surface area contributed by atoms with Crippen LogP contribution in [0.1, 0.15) is 42.1 Å². The van der Waals surface area contributed by atoms with Gasteiger partial charge in [0.25, 0.3) is 0 Å². The van der Waals surface area contributed by atoms with Crippen LogP contribution in [-0.4, -0.2) is 0 Å². The van der Waals surface area contributed by atoms with Crippen LogP contribution >= 0.6 is 0 Å². The van der Waals surface area contributed by atoms with Crippen molar-refractivity contribution in [2.24, 2.45) is 5.73 Å². The Morgan fingerprint density at radius 1 is 1.05 bits per heavy atom. The van der Waals surface area contributed by atoms with Crippen molar-refractivity contribution in [3.8, 4) is 5.75 Å². The van der Waals surface area contributed by atoms with E-state index in [-0.39, 0.29) is 6.04 Å². The highest BCUT2D eigenvalue weighted by molar-refractivity contribution is 5.39. The van der Waals surface area contributed by atoms with Gasteiger partial charge in [0, 0.05) is 11.6 Å². The van der Waals surface area contributed by atoms with E-state index in [1.165, 1.54) is 16.7 Å². The Bertz CT molecular complexity index is 558. The number of benzene rings is 2. The first-order valence-electron chi connectivity index (χ1n) is 7.17. The van der Waals surface area contributed by atoms with Gasteiger partial charge in [0.2, 0.25) is 0 Å². The maximum atomic E-state index is 5.99. The fraction of sp³-hybridized carbons (Fsp3) is 0.333. The number of hydrogen-bond acceptors (Lipinski definition) is 2. The number of nitrogens with two attached hydrogens (primary N) is 1. The van der Waals surface area contributed by atoms with Crippen LogP contribution < -0.4 is 10.5 Å². The highest BCUT2D eigenvalue weighted by Crippen LogP contribution is 2.26. The summed E-state index contributed by atoms with van der Waals surface area (Å²) in [5.41, 5.74) is 10.8. The lowest BCUT2D eigenvalue weighted by molar-refractivity contribution is 0.301. The molecule has 2 nitrogen and oxygen atoms in total. The van der Waals surface area contributed by atoms with Crippen LogP contribution in [0, 0.1) is 6.92 Å². The SMILES string of the molecule is CCc1ccc(COc2cc(C)ccc2C(C)N)cc1. The minimum absolute atomic E-state index is 0.0203. The van der Waals surface area contributed by atoms with Gasteiger partial charge in [0.05, 0.1) is 0 Å². The molecular weight excluding hydrogens is 246 g/mol. The van der Waals surface area contributed by atoms with Crippen molar-refractivity contribution >= 4 is 0 Å². The van der Waals surface area contributed by atoms with E-state index in [9.17, 15) is 0 Å². The summed E-state index contributed by atoms with van der Waals surface area (Å²) in [6, 6.07) is 14.7. The topological polar surface area (TPSA) is 35.2 Å². The predicted molar refractivity (Wildman–Crippen MR) is 83.9 cm³/mol. The Morgan fingerprint density at radius 3 is 2.30 bits per heavy atom.